The van der Waals surface area contributed by atoms with Gasteiger partial charge >= 0.3 is 0 Å². The molecule has 0 bridgehead atoms. The second kappa shape index (κ2) is 9.98. The lowest BCUT2D eigenvalue weighted by Gasteiger charge is -2.35. The van der Waals surface area contributed by atoms with Crippen LogP contribution in [0.2, 0.25) is 0 Å². The number of anilines is 1. The van der Waals surface area contributed by atoms with Crippen LogP contribution < -0.4 is 9.47 Å². The Morgan fingerprint density at radius 3 is 2.36 bits per heavy atom. The fraction of sp³-hybridized carbons (Fsp3) is 0.250. The summed E-state index contributed by atoms with van der Waals surface area (Å²) in [7, 11) is 0. The lowest BCUT2D eigenvalue weighted by molar-refractivity contribution is -0.669. The first-order chi connectivity index (χ1) is 17.6. The van der Waals surface area contributed by atoms with Crippen molar-refractivity contribution in [3.8, 4) is 0 Å². The average molecular weight is 477 g/mol. The Balaban J connectivity index is 1.63. The van der Waals surface area contributed by atoms with Crippen LogP contribution in [0.15, 0.2) is 95.4 Å². The topological polar surface area (TPSA) is 27.4 Å². The maximum atomic E-state index is 13.6. The van der Waals surface area contributed by atoms with Crippen LogP contribution in [0.1, 0.15) is 39.0 Å². The van der Waals surface area contributed by atoms with Crippen LogP contribution in [0.4, 0.5) is 5.69 Å². The van der Waals surface area contributed by atoms with Crippen molar-refractivity contribution in [1.82, 2.24) is 4.90 Å². The largest absolute Gasteiger partial charge is 0.371 e. The highest BCUT2D eigenvalue weighted by atomic mass is 16.1. The highest BCUT2D eigenvalue weighted by Crippen LogP contribution is 2.38. The number of carbonyl (C=O) groups excluding carboxylic acids is 1. The molecule has 3 aromatic rings. The summed E-state index contributed by atoms with van der Waals surface area (Å²) in [5.41, 5.74) is 8.32. The molecule has 182 valence electrons. The van der Waals surface area contributed by atoms with Crippen molar-refractivity contribution in [3.05, 3.63) is 107 Å². The van der Waals surface area contributed by atoms with E-state index in [2.05, 4.69) is 127 Å². The lowest BCUT2D eigenvalue weighted by atomic mass is 9.83. The number of aryl methyl sites for hydroxylation is 1. The van der Waals surface area contributed by atoms with Gasteiger partial charge in [0.15, 0.2) is 5.78 Å². The van der Waals surface area contributed by atoms with Crippen LogP contribution in [0, 0.1) is 0 Å². The predicted octanol–water partition coefficient (Wildman–Crippen LogP) is 6.15. The van der Waals surface area contributed by atoms with Crippen molar-refractivity contribution in [2.75, 3.05) is 24.5 Å². The number of Topliss-reactive ketones (excluding diaryl/α,β-unsaturated/α-hetero) is 1. The Labute approximate surface area is 214 Å². The molecule has 2 aliphatic rings. The number of carbonyl (C=O) groups is 1. The van der Waals surface area contributed by atoms with Crippen LogP contribution in [0.3, 0.4) is 0 Å². The summed E-state index contributed by atoms with van der Waals surface area (Å²) in [6.07, 6.45) is 8.43. The standard InChI is InChI=1S/C32H34N3O/c1-5-33(6-2)31-27(21-25-19-17-23-13-9-11-15-29(23)34(25)7-3)32(36)28(31)22-26-20-18-24-14-10-12-16-30(24)35(26)8-4/h9-22H,5-8H2,1-4H3/q+1. The van der Waals surface area contributed by atoms with Gasteiger partial charge < -0.3 is 9.80 Å². The van der Waals surface area contributed by atoms with E-state index in [9.17, 15) is 4.79 Å². The number of allylic oxidation sites excluding steroid dienone is 4. The summed E-state index contributed by atoms with van der Waals surface area (Å²) in [6.45, 7) is 12.0. The van der Waals surface area contributed by atoms with Crippen LogP contribution >= 0.6 is 0 Å². The molecule has 0 radical (unpaired) electrons. The third-order valence-electron chi connectivity index (χ3n) is 7.24. The molecular weight excluding hydrogens is 442 g/mol. The first kappa shape index (κ1) is 23.8. The van der Waals surface area contributed by atoms with Gasteiger partial charge in [0.1, 0.15) is 6.54 Å². The number of fused-ring (bicyclic) bond motifs is 2. The van der Waals surface area contributed by atoms with Gasteiger partial charge in [-0.2, -0.15) is 4.57 Å². The molecule has 0 saturated carbocycles. The first-order valence-corrected chi connectivity index (χ1v) is 13.0. The smallest absolute Gasteiger partial charge is 0.212 e. The summed E-state index contributed by atoms with van der Waals surface area (Å²) in [5, 5.41) is 1.20. The normalized spacial score (nSPS) is 17.2. The molecule has 0 fully saturated rings. The molecule has 2 heterocycles. The highest BCUT2D eigenvalue weighted by Gasteiger charge is 2.36. The van der Waals surface area contributed by atoms with Gasteiger partial charge in [-0.1, -0.05) is 36.4 Å². The van der Waals surface area contributed by atoms with E-state index in [0.29, 0.717) is 0 Å². The molecule has 0 amide bonds. The van der Waals surface area contributed by atoms with Crippen molar-refractivity contribution >= 4 is 34.5 Å². The molecule has 36 heavy (non-hydrogen) atoms. The molecule has 4 nitrogen and oxygen atoms in total. The zero-order valence-electron chi connectivity index (χ0n) is 21.7. The Kier molecular flexibility index (Phi) is 6.60. The molecule has 0 spiro atoms. The quantitative estimate of drug-likeness (QED) is 0.303. The minimum Gasteiger partial charge on any atom is -0.371 e. The molecule has 0 saturated heterocycles. The van der Waals surface area contributed by atoms with Crippen molar-refractivity contribution < 1.29 is 9.36 Å². The fourth-order valence-electron chi connectivity index (χ4n) is 5.40. The van der Waals surface area contributed by atoms with Gasteiger partial charge in [-0.05, 0) is 63.6 Å². The Morgan fingerprint density at radius 1 is 0.861 bits per heavy atom. The lowest BCUT2D eigenvalue weighted by Crippen LogP contribution is -2.39. The van der Waals surface area contributed by atoms with Crippen LogP contribution in [0.5, 0.6) is 0 Å². The molecule has 0 unspecified atom stereocenters. The maximum Gasteiger partial charge on any atom is 0.212 e. The summed E-state index contributed by atoms with van der Waals surface area (Å²) in [4.78, 5) is 18.2. The Morgan fingerprint density at radius 2 is 1.61 bits per heavy atom. The second-order valence-corrected chi connectivity index (χ2v) is 9.09. The van der Waals surface area contributed by atoms with Crippen LogP contribution in [-0.4, -0.2) is 30.3 Å². The zero-order chi connectivity index (χ0) is 25.2. The number of rotatable bonds is 7. The van der Waals surface area contributed by atoms with Gasteiger partial charge in [-0.3, -0.25) is 4.79 Å². The summed E-state index contributed by atoms with van der Waals surface area (Å²) in [5.74, 6) is 0.114. The van der Waals surface area contributed by atoms with E-state index in [1.54, 1.807) is 0 Å². The summed E-state index contributed by atoms with van der Waals surface area (Å²) >= 11 is 0. The number of para-hydroxylation sites is 2. The molecule has 1 aromatic heterocycles. The van der Waals surface area contributed by atoms with E-state index in [-0.39, 0.29) is 5.78 Å². The van der Waals surface area contributed by atoms with E-state index < -0.39 is 0 Å². The third kappa shape index (κ3) is 3.97. The number of hydrogen-bond acceptors (Lipinski definition) is 3. The van der Waals surface area contributed by atoms with Gasteiger partial charge in [0.25, 0.3) is 0 Å². The Bertz CT molecular complexity index is 1450. The average Bonchev–Trinajstić information content (AvgIpc) is 2.93. The van der Waals surface area contributed by atoms with Gasteiger partial charge in [0.2, 0.25) is 11.2 Å². The maximum absolute atomic E-state index is 13.6. The van der Waals surface area contributed by atoms with Gasteiger partial charge in [0.05, 0.1) is 11.3 Å². The molecule has 0 N–H and O–H groups in total. The van der Waals surface area contributed by atoms with E-state index in [0.717, 1.165) is 54.4 Å². The van der Waals surface area contributed by atoms with E-state index >= 15 is 0 Å². The summed E-state index contributed by atoms with van der Waals surface area (Å²) < 4.78 is 2.28. The van der Waals surface area contributed by atoms with Crippen LogP contribution in [-0.2, 0) is 11.3 Å². The molecule has 2 aromatic carbocycles. The van der Waals surface area contributed by atoms with Crippen molar-refractivity contribution in [1.29, 1.82) is 0 Å². The SMILES string of the molecule is CCN(CC)C1=C(C=C2C=Cc3ccccc3N2CC)C(=O)C1=Cc1ccc2ccccc2[n+]1CC. The third-order valence-corrected chi connectivity index (χ3v) is 7.24. The second-order valence-electron chi connectivity index (χ2n) is 9.09. The molecule has 0 atom stereocenters. The summed E-state index contributed by atoms with van der Waals surface area (Å²) in [6, 6.07) is 21.1. The zero-order valence-corrected chi connectivity index (χ0v) is 21.7. The Hall–Kier alpha value is -3.92. The predicted molar refractivity (Wildman–Crippen MR) is 149 cm³/mol. The molecule has 1 aliphatic heterocycles. The number of ketones is 1. The van der Waals surface area contributed by atoms with Crippen molar-refractivity contribution in [2.24, 2.45) is 0 Å². The van der Waals surface area contributed by atoms with Crippen molar-refractivity contribution in [3.63, 3.8) is 0 Å². The van der Waals surface area contributed by atoms with Crippen LogP contribution in [0.25, 0.3) is 23.1 Å². The van der Waals surface area contributed by atoms with Gasteiger partial charge in [-0.25, -0.2) is 0 Å². The van der Waals surface area contributed by atoms with E-state index in [4.69, 9.17) is 0 Å². The number of pyridine rings is 1. The minimum absolute atomic E-state index is 0.114. The number of hydrogen-bond donors (Lipinski definition) is 0. The monoisotopic (exact) mass is 476 g/mol. The van der Waals surface area contributed by atoms with Gasteiger partial charge in [0, 0.05) is 60.2 Å². The molecule has 1 aliphatic carbocycles. The van der Waals surface area contributed by atoms with Crippen molar-refractivity contribution in [2.45, 2.75) is 34.2 Å². The number of benzene rings is 2. The first-order valence-electron chi connectivity index (χ1n) is 13.0. The molecule has 5 rings (SSSR count). The van der Waals surface area contributed by atoms with E-state index in [1.165, 1.54) is 22.2 Å². The molecular formula is C32H34N3O+. The number of likely N-dealkylation sites (N-methyl/N-ethyl adjacent to an activating group) is 2. The van der Waals surface area contributed by atoms with E-state index in [1.807, 2.05) is 0 Å². The number of nitrogens with zero attached hydrogens (tertiary/aromatic N) is 3. The highest BCUT2D eigenvalue weighted by molar-refractivity contribution is 6.23. The minimum atomic E-state index is 0.114. The molecule has 4 heteroatoms. The van der Waals surface area contributed by atoms with Gasteiger partial charge in [-0.15, -0.1) is 0 Å². The number of aromatic nitrogens is 1. The fourth-order valence-corrected chi connectivity index (χ4v) is 5.40.